The summed E-state index contributed by atoms with van der Waals surface area (Å²) in [6, 6.07) is 10.2. The first-order chi connectivity index (χ1) is 9.20. The van der Waals surface area contributed by atoms with Gasteiger partial charge in [0.25, 0.3) is 0 Å². The van der Waals surface area contributed by atoms with E-state index in [4.69, 9.17) is 5.73 Å². The number of nitrogens with two attached hydrogens (primary N) is 1. The number of fused-ring (bicyclic) bond motifs is 1. The zero-order valence-electron chi connectivity index (χ0n) is 10.6. The Hall–Kier alpha value is -1.65. The number of aryl methyl sites for hydroxylation is 1. The topological polar surface area (TPSA) is 43.8 Å². The maximum atomic E-state index is 5.70. The molecule has 2 heterocycles. The highest BCUT2D eigenvalue weighted by molar-refractivity contribution is 9.10. The lowest BCUT2D eigenvalue weighted by atomic mass is 10.1. The monoisotopic (exact) mass is 315 g/mol. The summed E-state index contributed by atoms with van der Waals surface area (Å²) in [6.45, 7) is 0.529. The minimum absolute atomic E-state index is 0.529. The highest BCUT2D eigenvalue weighted by Crippen LogP contribution is 2.34. The Morgan fingerprint density at radius 1 is 1.32 bits per heavy atom. The number of pyridine rings is 1. The van der Waals surface area contributed by atoms with E-state index in [1.54, 1.807) is 0 Å². The fourth-order valence-electron chi connectivity index (χ4n) is 2.34. The van der Waals surface area contributed by atoms with E-state index in [0.717, 1.165) is 21.3 Å². The molecule has 0 spiro atoms. The second kappa shape index (κ2) is 4.79. The first-order valence-electron chi connectivity index (χ1n) is 6.09. The van der Waals surface area contributed by atoms with Crippen LogP contribution in [0.25, 0.3) is 22.2 Å². The van der Waals surface area contributed by atoms with Crippen molar-refractivity contribution < 1.29 is 0 Å². The average Bonchev–Trinajstić information content (AvgIpc) is 2.78. The largest absolute Gasteiger partial charge is 0.350 e. The van der Waals surface area contributed by atoms with E-state index in [0.29, 0.717) is 6.54 Å². The Morgan fingerprint density at radius 2 is 2.16 bits per heavy atom. The van der Waals surface area contributed by atoms with E-state index in [2.05, 4.69) is 43.8 Å². The van der Waals surface area contributed by atoms with Crippen LogP contribution in [0, 0.1) is 0 Å². The van der Waals surface area contributed by atoms with Crippen LogP contribution in [0.1, 0.15) is 5.56 Å². The van der Waals surface area contributed by atoms with Gasteiger partial charge < -0.3 is 10.3 Å². The number of aromatic nitrogens is 2. The molecule has 0 bridgehead atoms. The molecule has 0 amide bonds. The second-order valence-electron chi connectivity index (χ2n) is 4.54. The number of halogens is 1. The fourth-order valence-corrected chi connectivity index (χ4v) is 2.91. The summed E-state index contributed by atoms with van der Waals surface area (Å²) < 4.78 is 3.20. The smallest absolute Gasteiger partial charge is 0.0727 e. The normalized spacial score (nSPS) is 11.1. The van der Waals surface area contributed by atoms with Gasteiger partial charge in [-0.25, -0.2) is 0 Å². The number of nitrogens with zero attached hydrogens (tertiary/aromatic N) is 2. The minimum Gasteiger partial charge on any atom is -0.350 e. The summed E-state index contributed by atoms with van der Waals surface area (Å²) in [4.78, 5) is 4.47. The molecule has 0 fully saturated rings. The third kappa shape index (κ3) is 2.07. The summed E-state index contributed by atoms with van der Waals surface area (Å²) in [6.07, 6.45) is 3.92. The quantitative estimate of drug-likeness (QED) is 0.787. The van der Waals surface area contributed by atoms with Crippen LogP contribution < -0.4 is 5.73 Å². The zero-order chi connectivity index (χ0) is 13.4. The van der Waals surface area contributed by atoms with Crippen LogP contribution in [0.5, 0.6) is 0 Å². The summed E-state index contributed by atoms with van der Waals surface area (Å²) in [5.41, 5.74) is 10.1. The molecule has 3 rings (SSSR count). The Labute approximate surface area is 120 Å². The minimum atomic E-state index is 0.529. The summed E-state index contributed by atoms with van der Waals surface area (Å²) in [7, 11) is 2.05. The average molecular weight is 316 g/mol. The molecule has 0 saturated carbocycles. The number of benzene rings is 1. The molecule has 3 aromatic rings. The molecule has 0 aliphatic carbocycles. The number of rotatable bonds is 2. The standard InChI is InChI=1S/C15H14BrN3/c1-19-9-11(13-7-10(8-17)5-6-18-13)15-12(16)3-2-4-14(15)19/h2-7,9H,8,17H2,1H3. The first kappa shape index (κ1) is 12.4. The third-order valence-corrected chi connectivity index (χ3v) is 3.96. The molecule has 96 valence electrons. The van der Waals surface area contributed by atoms with Crippen LogP contribution >= 0.6 is 15.9 Å². The lowest BCUT2D eigenvalue weighted by Gasteiger charge is -2.03. The molecule has 0 radical (unpaired) electrons. The molecule has 2 N–H and O–H groups in total. The van der Waals surface area contributed by atoms with Gasteiger partial charge in [-0.05, 0) is 29.8 Å². The Balaban J connectivity index is 2.30. The van der Waals surface area contributed by atoms with Gasteiger partial charge in [-0.1, -0.05) is 22.0 Å². The van der Waals surface area contributed by atoms with Crippen LogP contribution in [0.3, 0.4) is 0 Å². The molecule has 0 aliphatic rings. The van der Waals surface area contributed by atoms with Crippen LogP contribution in [0.2, 0.25) is 0 Å². The Morgan fingerprint density at radius 3 is 2.95 bits per heavy atom. The van der Waals surface area contributed by atoms with Crippen molar-refractivity contribution in [3.05, 3.63) is 52.8 Å². The fraction of sp³-hybridized carbons (Fsp3) is 0.133. The van der Waals surface area contributed by atoms with Gasteiger partial charge in [0.1, 0.15) is 0 Å². The van der Waals surface area contributed by atoms with Crippen molar-refractivity contribution in [3.63, 3.8) is 0 Å². The molecule has 1 aromatic carbocycles. The lowest BCUT2D eigenvalue weighted by molar-refractivity contribution is 0.969. The van der Waals surface area contributed by atoms with Crippen molar-refractivity contribution in [1.29, 1.82) is 0 Å². The van der Waals surface area contributed by atoms with Crippen molar-refractivity contribution in [2.24, 2.45) is 12.8 Å². The third-order valence-electron chi connectivity index (χ3n) is 3.30. The zero-order valence-corrected chi connectivity index (χ0v) is 12.2. The van der Waals surface area contributed by atoms with E-state index < -0.39 is 0 Å². The van der Waals surface area contributed by atoms with Crippen molar-refractivity contribution >= 4 is 26.8 Å². The Bertz CT molecular complexity index is 746. The summed E-state index contributed by atoms with van der Waals surface area (Å²) in [5.74, 6) is 0. The number of hydrogen-bond donors (Lipinski definition) is 1. The van der Waals surface area contributed by atoms with E-state index in [1.807, 2.05) is 31.4 Å². The molecule has 3 nitrogen and oxygen atoms in total. The molecule has 19 heavy (non-hydrogen) atoms. The molecule has 0 saturated heterocycles. The van der Waals surface area contributed by atoms with Crippen molar-refractivity contribution in [2.75, 3.05) is 0 Å². The predicted octanol–water partition coefficient (Wildman–Crippen LogP) is 3.46. The van der Waals surface area contributed by atoms with Crippen LogP contribution in [-0.4, -0.2) is 9.55 Å². The molecule has 0 aliphatic heterocycles. The highest BCUT2D eigenvalue weighted by atomic mass is 79.9. The number of hydrogen-bond acceptors (Lipinski definition) is 2. The maximum absolute atomic E-state index is 5.70. The van der Waals surface area contributed by atoms with E-state index in [-0.39, 0.29) is 0 Å². The molecule has 0 unspecified atom stereocenters. The lowest BCUT2D eigenvalue weighted by Crippen LogP contribution is -1.96. The summed E-state index contributed by atoms with van der Waals surface area (Å²) in [5, 5.41) is 1.19. The molecular weight excluding hydrogens is 302 g/mol. The van der Waals surface area contributed by atoms with E-state index in [9.17, 15) is 0 Å². The van der Waals surface area contributed by atoms with Gasteiger partial charge in [-0.3, -0.25) is 4.98 Å². The molecule has 4 heteroatoms. The van der Waals surface area contributed by atoms with Crippen LogP contribution in [0.15, 0.2) is 47.2 Å². The van der Waals surface area contributed by atoms with Crippen molar-refractivity contribution in [1.82, 2.24) is 9.55 Å². The van der Waals surface area contributed by atoms with E-state index >= 15 is 0 Å². The molecule has 2 aromatic heterocycles. The first-order valence-corrected chi connectivity index (χ1v) is 6.89. The van der Waals surface area contributed by atoms with Crippen molar-refractivity contribution in [3.8, 4) is 11.3 Å². The predicted molar refractivity (Wildman–Crippen MR) is 81.7 cm³/mol. The van der Waals surface area contributed by atoms with Crippen molar-refractivity contribution in [2.45, 2.75) is 6.54 Å². The van der Waals surface area contributed by atoms with Gasteiger partial charge in [0.15, 0.2) is 0 Å². The van der Waals surface area contributed by atoms with Crippen LogP contribution in [-0.2, 0) is 13.6 Å². The van der Waals surface area contributed by atoms with Gasteiger partial charge in [0.2, 0.25) is 0 Å². The van der Waals surface area contributed by atoms with Gasteiger partial charge in [-0.15, -0.1) is 0 Å². The van der Waals surface area contributed by atoms with Gasteiger partial charge in [0, 0.05) is 46.9 Å². The van der Waals surface area contributed by atoms with Gasteiger partial charge in [-0.2, -0.15) is 0 Å². The van der Waals surface area contributed by atoms with Crippen LogP contribution in [0.4, 0.5) is 0 Å². The second-order valence-corrected chi connectivity index (χ2v) is 5.40. The summed E-state index contributed by atoms with van der Waals surface area (Å²) >= 11 is 3.63. The molecular formula is C15H14BrN3. The van der Waals surface area contributed by atoms with Gasteiger partial charge in [0.05, 0.1) is 5.69 Å². The van der Waals surface area contributed by atoms with E-state index in [1.165, 1.54) is 10.9 Å². The van der Waals surface area contributed by atoms with Gasteiger partial charge >= 0.3 is 0 Å². The Kier molecular flexibility index (Phi) is 3.12. The molecule has 0 atom stereocenters. The SMILES string of the molecule is Cn1cc(-c2cc(CN)ccn2)c2c(Br)cccc21. The highest BCUT2D eigenvalue weighted by Gasteiger charge is 2.12. The maximum Gasteiger partial charge on any atom is 0.0727 e.